The van der Waals surface area contributed by atoms with Gasteiger partial charge in [0, 0.05) is 24.5 Å². The van der Waals surface area contributed by atoms with Crippen LogP contribution in [0.15, 0.2) is 30.5 Å². The Bertz CT molecular complexity index is 733. The zero-order chi connectivity index (χ0) is 19.8. The maximum Gasteiger partial charge on any atom is 0.212 e. The van der Waals surface area contributed by atoms with Crippen molar-refractivity contribution in [2.75, 3.05) is 19.0 Å². The minimum atomic E-state index is -0.266. The molecule has 1 aliphatic heterocycles. The Morgan fingerprint density at radius 2 is 2.07 bits per heavy atom. The van der Waals surface area contributed by atoms with E-state index in [1.807, 2.05) is 12.3 Å². The molecule has 0 amide bonds. The van der Waals surface area contributed by atoms with Crippen molar-refractivity contribution in [1.82, 2.24) is 9.97 Å². The Hall–Kier alpha value is -2.14. The first kappa shape index (κ1) is 20.6. The van der Waals surface area contributed by atoms with Crippen molar-refractivity contribution in [1.29, 1.82) is 0 Å². The summed E-state index contributed by atoms with van der Waals surface area (Å²) < 4.78 is 5.14. The Labute approximate surface area is 168 Å². The first-order valence-electron chi connectivity index (χ1n) is 10.6. The number of fused-ring (bicyclic) bond motifs is 1. The fourth-order valence-electron chi connectivity index (χ4n) is 3.93. The van der Waals surface area contributed by atoms with E-state index in [9.17, 15) is 5.11 Å². The van der Waals surface area contributed by atoms with Gasteiger partial charge in [-0.05, 0) is 68.1 Å². The smallest absolute Gasteiger partial charge is 0.212 e. The Kier molecular flexibility index (Phi) is 7.66. The molecule has 0 radical (unpaired) electrons. The highest BCUT2D eigenvalue weighted by molar-refractivity contribution is 5.47. The minimum Gasteiger partial charge on any atom is -0.481 e. The lowest BCUT2D eigenvalue weighted by atomic mass is 9.91. The number of hydrogen-bond acceptors (Lipinski definition) is 5. The molecule has 2 unspecified atom stereocenters. The van der Waals surface area contributed by atoms with Gasteiger partial charge < -0.3 is 15.2 Å². The van der Waals surface area contributed by atoms with Crippen LogP contribution in [0.5, 0.6) is 5.88 Å². The molecule has 0 spiro atoms. The van der Waals surface area contributed by atoms with E-state index in [-0.39, 0.29) is 6.10 Å². The summed E-state index contributed by atoms with van der Waals surface area (Å²) >= 11 is 0. The number of nitrogens with one attached hydrogen (secondary N) is 1. The number of aryl methyl sites for hydroxylation is 2. The number of anilines is 1. The first-order valence-corrected chi connectivity index (χ1v) is 10.6. The number of methoxy groups -OCH3 is 1. The predicted octanol–water partition coefficient (Wildman–Crippen LogP) is 4.50. The summed E-state index contributed by atoms with van der Waals surface area (Å²) in [6.07, 6.45) is 9.55. The monoisotopic (exact) mass is 383 g/mol. The van der Waals surface area contributed by atoms with Crippen LogP contribution in [0.1, 0.15) is 68.2 Å². The first-order chi connectivity index (χ1) is 13.7. The maximum absolute atomic E-state index is 10.4. The average Bonchev–Trinajstić information content (AvgIpc) is 2.75. The molecule has 28 heavy (non-hydrogen) atoms. The van der Waals surface area contributed by atoms with Gasteiger partial charge in [0.05, 0.1) is 13.2 Å². The van der Waals surface area contributed by atoms with Crippen molar-refractivity contribution in [2.24, 2.45) is 0 Å². The van der Waals surface area contributed by atoms with E-state index in [4.69, 9.17) is 9.72 Å². The topological polar surface area (TPSA) is 67.3 Å². The molecule has 5 nitrogen and oxygen atoms in total. The number of aliphatic hydroxyl groups is 1. The zero-order valence-electron chi connectivity index (χ0n) is 17.2. The van der Waals surface area contributed by atoms with Crippen LogP contribution >= 0.6 is 0 Å². The molecule has 0 saturated carbocycles. The van der Waals surface area contributed by atoms with Gasteiger partial charge in [-0.3, -0.25) is 0 Å². The van der Waals surface area contributed by atoms with E-state index >= 15 is 0 Å². The molecule has 2 atom stereocenters. The lowest BCUT2D eigenvalue weighted by Crippen LogP contribution is -2.15. The molecule has 0 fully saturated rings. The Balaban J connectivity index is 1.41. The van der Waals surface area contributed by atoms with Crippen LogP contribution < -0.4 is 10.1 Å². The van der Waals surface area contributed by atoms with Crippen molar-refractivity contribution < 1.29 is 9.84 Å². The molecule has 0 aliphatic carbocycles. The van der Waals surface area contributed by atoms with Crippen LogP contribution in [0.3, 0.4) is 0 Å². The third-order valence-corrected chi connectivity index (χ3v) is 5.71. The second-order valence-corrected chi connectivity index (χ2v) is 7.70. The third-order valence-electron chi connectivity index (χ3n) is 5.71. The van der Waals surface area contributed by atoms with E-state index in [1.165, 1.54) is 17.5 Å². The van der Waals surface area contributed by atoms with Gasteiger partial charge in [0.25, 0.3) is 0 Å². The highest BCUT2D eigenvalue weighted by Crippen LogP contribution is 2.27. The summed E-state index contributed by atoms with van der Waals surface area (Å²) in [6.45, 7) is 3.22. The van der Waals surface area contributed by atoms with Crippen LogP contribution in [0.2, 0.25) is 0 Å². The van der Waals surface area contributed by atoms with Crippen molar-refractivity contribution >= 4 is 5.82 Å². The zero-order valence-corrected chi connectivity index (χ0v) is 17.2. The molecule has 0 bridgehead atoms. The summed E-state index contributed by atoms with van der Waals surface area (Å²) in [6, 6.07) is 8.33. The summed E-state index contributed by atoms with van der Waals surface area (Å²) in [5.41, 5.74) is 3.64. The molecule has 0 aromatic carbocycles. The van der Waals surface area contributed by atoms with Gasteiger partial charge in [-0.2, -0.15) is 0 Å². The van der Waals surface area contributed by atoms with Crippen molar-refractivity contribution in [3.05, 3.63) is 47.3 Å². The number of ether oxygens (including phenoxy) is 1. The van der Waals surface area contributed by atoms with Crippen molar-refractivity contribution in [3.63, 3.8) is 0 Å². The Morgan fingerprint density at radius 1 is 1.18 bits per heavy atom. The largest absolute Gasteiger partial charge is 0.481 e. The standard InChI is InChI=1S/C23H33N3O2/c1-3-17(19-10-14-22(28-2)25-16-19)6-4-8-21(27)13-12-20-11-9-18-7-5-15-24-23(18)26-20/h9-11,14,16-17,21,27H,3-8,12-13,15H2,1-2H3,(H,24,26). The van der Waals surface area contributed by atoms with Gasteiger partial charge in [0.1, 0.15) is 5.82 Å². The second-order valence-electron chi connectivity index (χ2n) is 7.70. The number of rotatable bonds is 10. The minimum absolute atomic E-state index is 0.266. The Morgan fingerprint density at radius 3 is 2.82 bits per heavy atom. The fraction of sp³-hybridized carbons (Fsp3) is 0.565. The van der Waals surface area contributed by atoms with Gasteiger partial charge >= 0.3 is 0 Å². The fourth-order valence-corrected chi connectivity index (χ4v) is 3.93. The normalized spacial score (nSPS) is 15.4. The molecule has 5 heteroatoms. The number of aromatic nitrogens is 2. The highest BCUT2D eigenvalue weighted by Gasteiger charge is 2.14. The molecular weight excluding hydrogens is 350 g/mol. The molecule has 2 aromatic heterocycles. The SMILES string of the molecule is CCC(CCCC(O)CCc1ccc2c(n1)NCCC2)c1ccc(OC)nc1. The van der Waals surface area contributed by atoms with Gasteiger partial charge in [-0.15, -0.1) is 0 Å². The molecule has 3 heterocycles. The van der Waals surface area contributed by atoms with E-state index in [2.05, 4.69) is 35.4 Å². The van der Waals surface area contributed by atoms with E-state index in [0.717, 1.165) is 63.0 Å². The summed E-state index contributed by atoms with van der Waals surface area (Å²) in [4.78, 5) is 9.04. The van der Waals surface area contributed by atoms with Crippen LogP contribution in [0, 0.1) is 0 Å². The predicted molar refractivity (Wildman–Crippen MR) is 113 cm³/mol. The van der Waals surface area contributed by atoms with Gasteiger partial charge in [0.15, 0.2) is 0 Å². The molecule has 1 aliphatic rings. The number of hydrogen-bond donors (Lipinski definition) is 2. The van der Waals surface area contributed by atoms with Crippen molar-refractivity contribution in [2.45, 2.75) is 70.3 Å². The van der Waals surface area contributed by atoms with Crippen LogP contribution in [0.4, 0.5) is 5.82 Å². The number of nitrogens with zero attached hydrogens (tertiary/aromatic N) is 2. The summed E-state index contributed by atoms with van der Waals surface area (Å²) in [7, 11) is 1.64. The highest BCUT2D eigenvalue weighted by atomic mass is 16.5. The lowest BCUT2D eigenvalue weighted by Gasteiger charge is -2.18. The third kappa shape index (κ3) is 5.68. The van der Waals surface area contributed by atoms with E-state index < -0.39 is 0 Å². The number of aliphatic hydroxyl groups excluding tert-OH is 1. The summed E-state index contributed by atoms with van der Waals surface area (Å²) in [5.74, 6) is 2.18. The van der Waals surface area contributed by atoms with E-state index in [1.54, 1.807) is 7.11 Å². The second kappa shape index (κ2) is 10.4. The molecule has 2 N–H and O–H groups in total. The van der Waals surface area contributed by atoms with Crippen molar-refractivity contribution in [3.8, 4) is 5.88 Å². The molecule has 152 valence electrons. The average molecular weight is 384 g/mol. The maximum atomic E-state index is 10.4. The van der Waals surface area contributed by atoms with Gasteiger partial charge in [-0.1, -0.05) is 25.5 Å². The van der Waals surface area contributed by atoms with Gasteiger partial charge in [-0.25, -0.2) is 9.97 Å². The van der Waals surface area contributed by atoms with Crippen LogP contribution in [-0.2, 0) is 12.8 Å². The van der Waals surface area contributed by atoms with Gasteiger partial charge in [0.2, 0.25) is 5.88 Å². The van der Waals surface area contributed by atoms with Crippen LogP contribution in [0.25, 0.3) is 0 Å². The quantitative estimate of drug-likeness (QED) is 0.632. The van der Waals surface area contributed by atoms with Crippen LogP contribution in [-0.4, -0.2) is 34.8 Å². The summed E-state index contributed by atoms with van der Waals surface area (Å²) in [5, 5.41) is 13.8. The lowest BCUT2D eigenvalue weighted by molar-refractivity contribution is 0.150. The molecule has 2 aromatic rings. The van der Waals surface area contributed by atoms with E-state index in [0.29, 0.717) is 11.8 Å². The molecule has 3 rings (SSSR count). The number of pyridine rings is 2. The molecular formula is C23H33N3O2. The molecule has 0 saturated heterocycles.